The number of amides is 1. The van der Waals surface area contributed by atoms with Gasteiger partial charge in [0.1, 0.15) is 24.6 Å². The van der Waals surface area contributed by atoms with E-state index in [1.165, 1.54) is 6.92 Å². The third-order valence-electron chi connectivity index (χ3n) is 9.66. The summed E-state index contributed by atoms with van der Waals surface area (Å²) in [5.41, 5.74) is -2.94. The van der Waals surface area contributed by atoms with Gasteiger partial charge in [0.25, 0.3) is 0 Å². The van der Waals surface area contributed by atoms with E-state index in [2.05, 4.69) is 11.2 Å². The first kappa shape index (κ1) is 36.9. The fourth-order valence-corrected chi connectivity index (χ4v) is 7.15. The first-order chi connectivity index (χ1) is 20.9. The predicted octanol–water partition coefficient (Wildman–Crippen LogP) is 1.21. The van der Waals surface area contributed by atoms with Crippen LogP contribution in [-0.4, -0.2) is 120 Å². The lowest BCUT2D eigenvalue weighted by Gasteiger charge is -2.47. The first-order valence-corrected chi connectivity index (χ1v) is 15.6. The summed E-state index contributed by atoms with van der Waals surface area (Å²) in [6.45, 7) is 11.3. The van der Waals surface area contributed by atoms with Crippen LogP contribution in [0.25, 0.3) is 0 Å². The van der Waals surface area contributed by atoms with Crippen molar-refractivity contribution in [3.63, 3.8) is 0 Å². The molecule has 3 rings (SSSR count). The van der Waals surface area contributed by atoms with Crippen molar-refractivity contribution in [2.75, 3.05) is 20.7 Å². The SMILES string of the molecule is C#CCO[C@@]1(C)C[C@@H](C)C(=O)[C@H](C)[C@H]2NC(=O)O[C@]2(C)[C@@H](CC)OC(=O)C(O)C(=O)[C@H](C)[C@H]1O[C@@H]1O[C@H](C)C[C@H](N(C)C)[C@H]1O. The van der Waals surface area contributed by atoms with Crippen LogP contribution in [0.1, 0.15) is 67.7 Å². The number of fused-ring (bicyclic) bond motifs is 1. The van der Waals surface area contributed by atoms with E-state index in [9.17, 15) is 29.4 Å². The van der Waals surface area contributed by atoms with Crippen LogP contribution >= 0.6 is 0 Å². The number of nitrogens with zero attached hydrogens (tertiary/aromatic N) is 1. The van der Waals surface area contributed by atoms with E-state index in [-0.39, 0.29) is 37.4 Å². The highest BCUT2D eigenvalue weighted by Crippen LogP contribution is 2.40. The molecule has 3 saturated heterocycles. The van der Waals surface area contributed by atoms with Crippen LogP contribution in [0, 0.1) is 30.1 Å². The first-order valence-electron chi connectivity index (χ1n) is 15.6. The molecule has 3 heterocycles. The fourth-order valence-electron chi connectivity index (χ4n) is 7.15. The number of carbonyl (C=O) groups is 4. The van der Waals surface area contributed by atoms with Crippen molar-refractivity contribution < 1.29 is 53.1 Å². The highest BCUT2D eigenvalue weighted by Gasteiger charge is 2.57. The van der Waals surface area contributed by atoms with Crippen LogP contribution in [-0.2, 0) is 38.1 Å². The van der Waals surface area contributed by atoms with Gasteiger partial charge in [-0.1, -0.05) is 33.6 Å². The van der Waals surface area contributed by atoms with E-state index in [1.54, 1.807) is 34.6 Å². The molecule has 1 unspecified atom stereocenters. The van der Waals surface area contributed by atoms with Crippen LogP contribution in [0.3, 0.4) is 0 Å². The molecule has 0 aromatic carbocycles. The van der Waals surface area contributed by atoms with Crippen molar-refractivity contribution in [3.8, 4) is 12.3 Å². The summed E-state index contributed by atoms with van der Waals surface area (Å²) >= 11 is 0. The van der Waals surface area contributed by atoms with Gasteiger partial charge in [-0.3, -0.25) is 9.59 Å². The molecule has 3 aliphatic rings. The third-order valence-corrected chi connectivity index (χ3v) is 9.66. The minimum Gasteiger partial charge on any atom is -0.456 e. The molecule has 3 N–H and O–H groups in total. The number of ether oxygens (including phenoxy) is 5. The van der Waals surface area contributed by atoms with Gasteiger partial charge in [0, 0.05) is 23.8 Å². The monoisotopic (exact) mass is 638 g/mol. The Morgan fingerprint density at radius 1 is 1.07 bits per heavy atom. The molecule has 13 heteroatoms. The number of hydrogen-bond donors (Lipinski definition) is 3. The number of aliphatic hydroxyl groups is 2. The Hall–Kier alpha value is -2.60. The second-order valence-electron chi connectivity index (χ2n) is 13.4. The van der Waals surface area contributed by atoms with Crippen molar-refractivity contribution in [1.29, 1.82) is 0 Å². The number of aliphatic hydroxyl groups excluding tert-OH is 2. The zero-order valence-corrected chi connectivity index (χ0v) is 27.8. The number of hydrogen-bond acceptors (Lipinski definition) is 12. The second kappa shape index (κ2) is 14.4. The summed E-state index contributed by atoms with van der Waals surface area (Å²) in [4.78, 5) is 55.4. The standard InChI is InChI=1S/C32H50N2O11/c1-11-13-41-31(7)15-16(3)22(35)18(5)26-32(8,45-30(40)33-26)21(12-2)43-28(39)25(38)23(36)19(6)27(31)44-29-24(37)20(34(9)10)14-17(4)42-29/h1,16-21,24-27,29,37-38H,12-15H2,2-10H3,(H,33,40)/t16-,17-,18+,19+,20+,21-,24-,25?,26-,27-,29+,31+,32-/m1/s1. The average molecular weight is 639 g/mol. The minimum atomic E-state index is -2.23. The number of nitrogens with one attached hydrogen (secondary N) is 1. The molecule has 0 saturated carbocycles. The number of ketones is 2. The molecule has 1 amide bonds. The number of terminal acetylenes is 1. The molecule has 3 fully saturated rings. The third kappa shape index (κ3) is 7.53. The topological polar surface area (TPSA) is 170 Å². The lowest BCUT2D eigenvalue weighted by atomic mass is 9.74. The maximum absolute atomic E-state index is 14.0. The van der Waals surface area contributed by atoms with E-state index < -0.39 is 83.5 Å². The molecule has 45 heavy (non-hydrogen) atoms. The normalized spacial score (nSPS) is 43.5. The van der Waals surface area contributed by atoms with E-state index >= 15 is 0 Å². The lowest BCUT2D eigenvalue weighted by molar-refractivity contribution is -0.296. The average Bonchev–Trinajstić information content (AvgIpc) is 3.30. The Morgan fingerprint density at radius 2 is 1.71 bits per heavy atom. The van der Waals surface area contributed by atoms with Gasteiger partial charge in [0.05, 0.1) is 23.9 Å². The number of carbonyl (C=O) groups excluding carboxylic acids is 4. The van der Waals surface area contributed by atoms with Crippen molar-refractivity contribution in [2.45, 2.75) is 128 Å². The molecular formula is C32H50N2O11. The molecule has 13 nitrogen and oxygen atoms in total. The molecule has 0 bridgehead atoms. The molecule has 13 atom stereocenters. The van der Waals surface area contributed by atoms with Gasteiger partial charge in [-0.25, -0.2) is 9.59 Å². The molecule has 254 valence electrons. The van der Waals surface area contributed by atoms with Crippen molar-refractivity contribution >= 4 is 23.6 Å². The summed E-state index contributed by atoms with van der Waals surface area (Å²) in [6, 6.07) is -1.24. The molecule has 0 radical (unpaired) electrons. The van der Waals surface area contributed by atoms with Gasteiger partial charge in [-0.05, 0) is 54.1 Å². The van der Waals surface area contributed by atoms with E-state index in [1.807, 2.05) is 25.9 Å². The van der Waals surface area contributed by atoms with E-state index in [0.29, 0.717) is 6.42 Å². The van der Waals surface area contributed by atoms with Gasteiger partial charge in [0.15, 0.2) is 17.7 Å². The quantitative estimate of drug-likeness (QED) is 0.216. The maximum atomic E-state index is 14.0. The lowest BCUT2D eigenvalue weighted by Crippen LogP contribution is -2.60. The molecule has 0 spiro atoms. The summed E-state index contributed by atoms with van der Waals surface area (Å²) in [5.74, 6) is -2.79. The zero-order valence-electron chi connectivity index (χ0n) is 27.8. The van der Waals surface area contributed by atoms with Gasteiger partial charge in [-0.2, -0.15) is 0 Å². The van der Waals surface area contributed by atoms with Crippen molar-refractivity contribution in [2.24, 2.45) is 17.8 Å². The van der Waals surface area contributed by atoms with E-state index in [0.717, 1.165) is 0 Å². The highest BCUT2D eigenvalue weighted by atomic mass is 16.7. The summed E-state index contributed by atoms with van der Waals surface area (Å²) < 4.78 is 29.8. The van der Waals surface area contributed by atoms with Crippen LogP contribution in [0.15, 0.2) is 0 Å². The molecular weight excluding hydrogens is 588 g/mol. The molecule has 0 aromatic heterocycles. The number of cyclic esters (lactones) is 1. The number of alkyl carbamates (subject to hydrolysis) is 1. The number of likely N-dealkylation sites (N-methyl/N-ethyl adjacent to an activating group) is 1. The van der Waals surface area contributed by atoms with Crippen LogP contribution in [0.4, 0.5) is 4.79 Å². The molecule has 0 aromatic rings. The van der Waals surface area contributed by atoms with Crippen LogP contribution in [0.2, 0.25) is 0 Å². The Morgan fingerprint density at radius 3 is 2.29 bits per heavy atom. The Bertz CT molecular complexity index is 1160. The van der Waals surface area contributed by atoms with Crippen LogP contribution < -0.4 is 5.32 Å². The van der Waals surface area contributed by atoms with Crippen LogP contribution in [0.5, 0.6) is 0 Å². The number of Topliss-reactive ketones (excluding diaryl/α,β-unsaturated/α-hetero) is 2. The summed E-state index contributed by atoms with van der Waals surface area (Å²) in [6.07, 6.45) is -1.81. The Balaban J connectivity index is 2.14. The van der Waals surface area contributed by atoms with Gasteiger partial charge >= 0.3 is 12.1 Å². The highest BCUT2D eigenvalue weighted by molar-refractivity contribution is 6.03. The van der Waals surface area contributed by atoms with Crippen molar-refractivity contribution in [3.05, 3.63) is 0 Å². The largest absolute Gasteiger partial charge is 0.456 e. The summed E-state index contributed by atoms with van der Waals surface area (Å²) in [5, 5.41) is 25.0. The Kier molecular flexibility index (Phi) is 11.8. The van der Waals surface area contributed by atoms with Gasteiger partial charge in [0.2, 0.25) is 6.10 Å². The van der Waals surface area contributed by atoms with Crippen molar-refractivity contribution in [1.82, 2.24) is 10.2 Å². The smallest absolute Gasteiger partial charge is 0.408 e. The number of esters is 1. The number of rotatable bonds is 6. The van der Waals surface area contributed by atoms with E-state index in [4.69, 9.17) is 30.1 Å². The predicted molar refractivity (Wildman–Crippen MR) is 161 cm³/mol. The van der Waals surface area contributed by atoms with Gasteiger partial charge in [-0.15, -0.1) is 6.42 Å². The zero-order chi connectivity index (χ0) is 34.0. The summed E-state index contributed by atoms with van der Waals surface area (Å²) in [7, 11) is 3.64. The second-order valence-corrected chi connectivity index (χ2v) is 13.4. The maximum Gasteiger partial charge on any atom is 0.408 e. The van der Waals surface area contributed by atoms with Gasteiger partial charge < -0.3 is 44.1 Å². The minimum absolute atomic E-state index is 0.00833. The fraction of sp³-hybridized carbons (Fsp3) is 0.812. The molecule has 0 aliphatic carbocycles. The molecule has 3 aliphatic heterocycles. The Labute approximate surface area is 265 Å².